The van der Waals surface area contributed by atoms with Crippen LogP contribution in [0.5, 0.6) is 0 Å². The van der Waals surface area contributed by atoms with Crippen molar-refractivity contribution in [1.82, 2.24) is 5.32 Å². The molecule has 0 aromatic rings. The Labute approximate surface area is 116 Å². The minimum absolute atomic E-state index is 0.246. The normalized spacial score (nSPS) is 38.8. The molecule has 2 heterocycles. The summed E-state index contributed by atoms with van der Waals surface area (Å²) in [6.45, 7) is 3.28. The number of rotatable bonds is 4. The molecule has 3 unspecified atom stereocenters. The number of hydrogen-bond acceptors (Lipinski definition) is 3. The summed E-state index contributed by atoms with van der Waals surface area (Å²) in [7, 11) is 0. The Bertz CT molecular complexity index is 272. The Kier molecular flexibility index (Phi) is 4.21. The fraction of sp³-hybridized carbons (Fsp3) is 1.00. The first-order valence-electron chi connectivity index (χ1n) is 7.79. The Morgan fingerprint density at radius 1 is 1.33 bits per heavy atom. The molecule has 2 nitrogen and oxygen atoms in total. The second kappa shape index (κ2) is 5.72. The molecule has 3 aliphatic rings. The Morgan fingerprint density at radius 3 is 2.94 bits per heavy atom. The topological polar surface area (TPSA) is 21.3 Å². The molecule has 1 N–H and O–H groups in total. The standard InChI is InChI=1S/C15H27NOS/c1-2-3-12-10-14(12)16-13-4-7-17-15(11-13)5-8-18-9-6-15/h12-14,16H,2-11H2,1H3. The first kappa shape index (κ1) is 13.3. The van der Waals surface area contributed by atoms with Gasteiger partial charge in [0, 0.05) is 18.7 Å². The predicted molar refractivity (Wildman–Crippen MR) is 78.2 cm³/mol. The van der Waals surface area contributed by atoms with Gasteiger partial charge in [0.05, 0.1) is 5.60 Å². The largest absolute Gasteiger partial charge is 0.375 e. The van der Waals surface area contributed by atoms with Crippen LogP contribution in [0.3, 0.4) is 0 Å². The molecular weight excluding hydrogens is 242 g/mol. The van der Waals surface area contributed by atoms with Crippen LogP contribution in [-0.2, 0) is 4.74 Å². The predicted octanol–water partition coefficient (Wildman–Crippen LogP) is 3.21. The van der Waals surface area contributed by atoms with Gasteiger partial charge in [-0.15, -0.1) is 0 Å². The second-order valence-corrected chi connectivity index (χ2v) is 7.62. The average molecular weight is 269 g/mol. The lowest BCUT2D eigenvalue weighted by Gasteiger charge is -2.43. The summed E-state index contributed by atoms with van der Waals surface area (Å²) in [6.07, 6.45) is 9.24. The zero-order valence-electron chi connectivity index (χ0n) is 11.6. The third kappa shape index (κ3) is 3.05. The van der Waals surface area contributed by atoms with E-state index in [-0.39, 0.29) is 5.60 Å². The van der Waals surface area contributed by atoms with Crippen molar-refractivity contribution in [2.45, 2.75) is 69.6 Å². The van der Waals surface area contributed by atoms with Crippen molar-refractivity contribution in [2.75, 3.05) is 18.1 Å². The van der Waals surface area contributed by atoms with Crippen LogP contribution in [0.4, 0.5) is 0 Å². The van der Waals surface area contributed by atoms with E-state index in [0.29, 0.717) is 0 Å². The molecule has 0 aromatic heterocycles. The highest BCUT2D eigenvalue weighted by atomic mass is 32.2. The SMILES string of the molecule is CCCC1CC1NC1CCOC2(CCSCC2)C1. The second-order valence-electron chi connectivity index (χ2n) is 6.39. The molecule has 1 aliphatic carbocycles. The molecule has 2 aliphatic heterocycles. The van der Waals surface area contributed by atoms with Crippen LogP contribution in [0.2, 0.25) is 0 Å². The van der Waals surface area contributed by atoms with Gasteiger partial charge < -0.3 is 10.1 Å². The highest BCUT2D eigenvalue weighted by Crippen LogP contribution is 2.40. The number of ether oxygens (including phenoxy) is 1. The molecule has 1 spiro atoms. The lowest BCUT2D eigenvalue weighted by molar-refractivity contribution is -0.0934. The van der Waals surface area contributed by atoms with E-state index in [1.807, 2.05) is 0 Å². The van der Waals surface area contributed by atoms with Crippen molar-refractivity contribution < 1.29 is 4.74 Å². The van der Waals surface area contributed by atoms with Gasteiger partial charge in [0.25, 0.3) is 0 Å². The molecule has 0 bridgehead atoms. The molecule has 0 radical (unpaired) electrons. The first-order valence-corrected chi connectivity index (χ1v) is 8.94. The number of hydrogen-bond donors (Lipinski definition) is 1. The number of nitrogens with one attached hydrogen (secondary N) is 1. The van der Waals surface area contributed by atoms with Crippen molar-refractivity contribution in [3.8, 4) is 0 Å². The summed E-state index contributed by atoms with van der Waals surface area (Å²) >= 11 is 2.10. The van der Waals surface area contributed by atoms with Crippen molar-refractivity contribution in [2.24, 2.45) is 5.92 Å². The van der Waals surface area contributed by atoms with E-state index in [4.69, 9.17) is 4.74 Å². The Hall–Kier alpha value is 0.270. The van der Waals surface area contributed by atoms with E-state index >= 15 is 0 Å². The van der Waals surface area contributed by atoms with Crippen molar-refractivity contribution >= 4 is 11.8 Å². The molecule has 3 atom stereocenters. The first-order chi connectivity index (χ1) is 8.81. The van der Waals surface area contributed by atoms with Gasteiger partial charge in [-0.05, 0) is 55.9 Å². The smallest absolute Gasteiger partial charge is 0.0713 e. The van der Waals surface area contributed by atoms with Crippen LogP contribution in [0.1, 0.15) is 51.9 Å². The van der Waals surface area contributed by atoms with Gasteiger partial charge in [-0.3, -0.25) is 0 Å². The summed E-state index contributed by atoms with van der Waals surface area (Å²) < 4.78 is 6.16. The van der Waals surface area contributed by atoms with Gasteiger partial charge >= 0.3 is 0 Å². The summed E-state index contributed by atoms with van der Waals surface area (Å²) in [4.78, 5) is 0. The van der Waals surface area contributed by atoms with E-state index < -0.39 is 0 Å². The van der Waals surface area contributed by atoms with Crippen LogP contribution in [0.25, 0.3) is 0 Å². The fourth-order valence-corrected chi connectivity index (χ4v) is 4.94. The minimum atomic E-state index is 0.246. The molecule has 0 aromatic carbocycles. The lowest BCUT2D eigenvalue weighted by Crippen LogP contribution is -2.49. The molecule has 3 fully saturated rings. The Morgan fingerprint density at radius 2 is 2.17 bits per heavy atom. The van der Waals surface area contributed by atoms with E-state index in [1.54, 1.807) is 0 Å². The minimum Gasteiger partial charge on any atom is -0.375 e. The van der Waals surface area contributed by atoms with Gasteiger partial charge in [0.15, 0.2) is 0 Å². The molecule has 3 heteroatoms. The maximum Gasteiger partial charge on any atom is 0.0713 e. The summed E-state index contributed by atoms with van der Waals surface area (Å²) in [5, 5.41) is 3.91. The highest BCUT2D eigenvalue weighted by Gasteiger charge is 2.42. The van der Waals surface area contributed by atoms with Crippen LogP contribution < -0.4 is 5.32 Å². The quantitative estimate of drug-likeness (QED) is 0.847. The highest BCUT2D eigenvalue weighted by molar-refractivity contribution is 7.99. The lowest BCUT2D eigenvalue weighted by atomic mass is 9.85. The van der Waals surface area contributed by atoms with Crippen LogP contribution >= 0.6 is 11.8 Å². The van der Waals surface area contributed by atoms with Crippen molar-refractivity contribution in [3.05, 3.63) is 0 Å². The van der Waals surface area contributed by atoms with Crippen LogP contribution in [0, 0.1) is 5.92 Å². The van der Waals surface area contributed by atoms with Crippen molar-refractivity contribution in [1.29, 1.82) is 0 Å². The van der Waals surface area contributed by atoms with E-state index in [9.17, 15) is 0 Å². The van der Waals surface area contributed by atoms with E-state index in [1.165, 1.54) is 56.5 Å². The van der Waals surface area contributed by atoms with E-state index in [2.05, 4.69) is 24.0 Å². The maximum absolute atomic E-state index is 6.16. The fourth-order valence-electron chi connectivity index (χ4n) is 3.71. The zero-order chi connectivity index (χ0) is 12.4. The molecule has 18 heavy (non-hydrogen) atoms. The van der Waals surface area contributed by atoms with Gasteiger partial charge in [-0.2, -0.15) is 11.8 Å². The Balaban J connectivity index is 1.48. The third-order valence-electron chi connectivity index (χ3n) is 4.93. The van der Waals surface area contributed by atoms with E-state index in [0.717, 1.165) is 24.6 Å². The molecule has 2 saturated heterocycles. The molecule has 0 amide bonds. The summed E-state index contributed by atoms with van der Waals surface area (Å²) in [5.74, 6) is 3.58. The maximum atomic E-state index is 6.16. The van der Waals surface area contributed by atoms with Gasteiger partial charge in [0.1, 0.15) is 0 Å². The third-order valence-corrected chi connectivity index (χ3v) is 5.91. The van der Waals surface area contributed by atoms with Crippen LogP contribution in [-0.4, -0.2) is 35.8 Å². The monoisotopic (exact) mass is 269 g/mol. The van der Waals surface area contributed by atoms with Crippen LogP contribution in [0.15, 0.2) is 0 Å². The van der Waals surface area contributed by atoms with Gasteiger partial charge in [-0.1, -0.05) is 13.3 Å². The van der Waals surface area contributed by atoms with Crippen molar-refractivity contribution in [3.63, 3.8) is 0 Å². The van der Waals surface area contributed by atoms with Gasteiger partial charge in [-0.25, -0.2) is 0 Å². The molecule has 1 saturated carbocycles. The molecule has 3 rings (SSSR count). The average Bonchev–Trinajstić information content (AvgIpc) is 3.09. The van der Waals surface area contributed by atoms with Gasteiger partial charge in [0.2, 0.25) is 0 Å². The number of thioether (sulfide) groups is 1. The summed E-state index contributed by atoms with van der Waals surface area (Å²) in [6, 6.07) is 1.57. The zero-order valence-corrected chi connectivity index (χ0v) is 12.4. The summed E-state index contributed by atoms with van der Waals surface area (Å²) in [5.41, 5.74) is 0.246. The molecular formula is C15H27NOS. The molecule has 104 valence electrons.